The lowest BCUT2D eigenvalue weighted by Crippen LogP contribution is -2.12. The maximum atomic E-state index is 2.36. The van der Waals surface area contributed by atoms with E-state index in [0.717, 1.165) is 11.4 Å². The van der Waals surface area contributed by atoms with Gasteiger partial charge in [0.15, 0.2) is 0 Å². The highest BCUT2D eigenvalue weighted by Crippen LogP contribution is 2.40. The van der Waals surface area contributed by atoms with E-state index >= 15 is 0 Å². The van der Waals surface area contributed by atoms with Crippen molar-refractivity contribution in [2.24, 2.45) is 0 Å². The van der Waals surface area contributed by atoms with E-state index < -0.39 is 0 Å². The van der Waals surface area contributed by atoms with Gasteiger partial charge in [0, 0.05) is 34.1 Å². The maximum Gasteiger partial charge on any atom is 0.0490 e. The molecule has 0 saturated carbocycles. The molecule has 0 aliphatic heterocycles. The molecule has 0 bridgehead atoms. The van der Waals surface area contributed by atoms with Crippen molar-refractivity contribution in [3.63, 3.8) is 0 Å². The van der Waals surface area contributed by atoms with Gasteiger partial charge in [-0.2, -0.15) is 0 Å². The van der Waals surface area contributed by atoms with E-state index in [-0.39, 0.29) is 0 Å². The van der Waals surface area contributed by atoms with Crippen LogP contribution >= 0.6 is 0 Å². The Labute approximate surface area is 332 Å². The average Bonchev–Trinajstić information content (AvgIpc) is 3.24. The van der Waals surface area contributed by atoms with Gasteiger partial charge in [0.25, 0.3) is 0 Å². The zero-order chi connectivity index (χ0) is 38.4. The Kier molecular flexibility index (Phi) is 10.5. The van der Waals surface area contributed by atoms with Gasteiger partial charge < -0.3 is 9.80 Å². The van der Waals surface area contributed by atoms with Crippen molar-refractivity contribution in [1.82, 2.24) is 0 Å². The molecule has 8 aromatic rings. The van der Waals surface area contributed by atoms with Crippen molar-refractivity contribution in [2.45, 2.75) is 27.7 Å². The second-order valence-corrected chi connectivity index (χ2v) is 14.5. The zero-order valence-electron chi connectivity index (χ0n) is 32.5. The third-order valence-electron chi connectivity index (χ3n) is 10.6. The van der Waals surface area contributed by atoms with E-state index in [1.54, 1.807) is 0 Å². The molecule has 0 amide bonds. The summed E-state index contributed by atoms with van der Waals surface area (Å²) in [6, 6.07) is 69.8. The third-order valence-corrected chi connectivity index (χ3v) is 10.6. The fraction of sp³-hybridized carbons (Fsp3) is 0.0741. The molecule has 56 heavy (non-hydrogen) atoms. The summed E-state index contributed by atoms with van der Waals surface area (Å²) >= 11 is 0. The van der Waals surface area contributed by atoms with Gasteiger partial charge >= 0.3 is 0 Å². The number of rotatable bonds is 10. The van der Waals surface area contributed by atoms with Crippen LogP contribution in [-0.4, -0.2) is 0 Å². The molecule has 0 aliphatic rings. The monoisotopic (exact) mass is 722 g/mol. The van der Waals surface area contributed by atoms with Crippen LogP contribution in [-0.2, 0) is 0 Å². The highest BCUT2D eigenvalue weighted by Gasteiger charge is 2.17. The Morgan fingerprint density at radius 3 is 0.750 bits per heavy atom. The van der Waals surface area contributed by atoms with Crippen molar-refractivity contribution in [1.29, 1.82) is 0 Å². The van der Waals surface area contributed by atoms with Crippen molar-refractivity contribution < 1.29 is 0 Å². The van der Waals surface area contributed by atoms with E-state index in [4.69, 9.17) is 0 Å². The Morgan fingerprint density at radius 2 is 0.500 bits per heavy atom. The lowest BCUT2D eigenvalue weighted by Gasteiger charge is -2.28. The minimum absolute atomic E-state index is 1.14. The lowest BCUT2D eigenvalue weighted by molar-refractivity contribution is 1.23. The molecule has 0 unspecified atom stereocenters. The van der Waals surface area contributed by atoms with Gasteiger partial charge in [-0.1, -0.05) is 158 Å². The van der Waals surface area contributed by atoms with Crippen molar-refractivity contribution in [3.05, 3.63) is 228 Å². The highest BCUT2D eigenvalue weighted by molar-refractivity contribution is 5.83. The molecule has 0 spiro atoms. The summed E-state index contributed by atoms with van der Waals surface area (Å²) in [7, 11) is 0. The van der Waals surface area contributed by atoms with E-state index in [0.29, 0.717) is 0 Å². The SMILES string of the molecule is Cc1ccccc1N(c1ccc(-c2ccc(C=Cc3ccc(-c4ccc(N(c5ccccc5C)c5ccccc5C)cc4)cc3)cc2)cc1)c1ccccc1C. The summed E-state index contributed by atoms with van der Waals surface area (Å²) in [4.78, 5) is 4.72. The predicted molar refractivity (Wildman–Crippen MR) is 241 cm³/mol. The summed E-state index contributed by atoms with van der Waals surface area (Å²) in [5.41, 5.74) is 19.1. The van der Waals surface area contributed by atoms with Crippen LogP contribution in [0.3, 0.4) is 0 Å². The van der Waals surface area contributed by atoms with Crippen molar-refractivity contribution >= 4 is 46.3 Å². The van der Waals surface area contributed by atoms with Crippen LogP contribution in [0.2, 0.25) is 0 Å². The molecule has 0 heterocycles. The summed E-state index contributed by atoms with van der Waals surface area (Å²) < 4.78 is 0. The molecule has 0 aromatic heterocycles. The normalized spacial score (nSPS) is 11.1. The van der Waals surface area contributed by atoms with Gasteiger partial charge in [0.05, 0.1) is 0 Å². The summed E-state index contributed by atoms with van der Waals surface area (Å²) in [5, 5.41) is 0. The first kappa shape index (κ1) is 36.1. The first-order valence-electron chi connectivity index (χ1n) is 19.3. The van der Waals surface area contributed by atoms with E-state index in [1.165, 1.54) is 78.4 Å². The van der Waals surface area contributed by atoms with Crippen LogP contribution in [0.25, 0.3) is 34.4 Å². The quantitative estimate of drug-likeness (QED) is 0.130. The summed E-state index contributed by atoms with van der Waals surface area (Å²) in [6.45, 7) is 8.70. The largest absolute Gasteiger partial charge is 0.310 e. The van der Waals surface area contributed by atoms with Gasteiger partial charge in [0.2, 0.25) is 0 Å². The molecule has 2 nitrogen and oxygen atoms in total. The molecular weight excluding hydrogens is 677 g/mol. The highest BCUT2D eigenvalue weighted by atomic mass is 15.2. The molecule has 0 saturated heterocycles. The Hall–Kier alpha value is -6.90. The van der Waals surface area contributed by atoms with Gasteiger partial charge in [-0.3, -0.25) is 0 Å². The lowest BCUT2D eigenvalue weighted by atomic mass is 10.0. The molecule has 0 aliphatic carbocycles. The summed E-state index contributed by atoms with van der Waals surface area (Å²) in [6.07, 6.45) is 4.37. The summed E-state index contributed by atoms with van der Waals surface area (Å²) in [5.74, 6) is 0. The predicted octanol–water partition coefficient (Wildman–Crippen LogP) is 15.4. The Morgan fingerprint density at radius 1 is 0.268 bits per heavy atom. The molecule has 0 N–H and O–H groups in total. The Bertz CT molecular complexity index is 2320. The fourth-order valence-corrected chi connectivity index (χ4v) is 7.44. The van der Waals surface area contributed by atoms with Gasteiger partial charge in [0.1, 0.15) is 0 Å². The second kappa shape index (κ2) is 16.2. The fourth-order valence-electron chi connectivity index (χ4n) is 7.44. The molecule has 0 fully saturated rings. The zero-order valence-corrected chi connectivity index (χ0v) is 32.5. The van der Waals surface area contributed by atoms with E-state index in [9.17, 15) is 0 Å². The van der Waals surface area contributed by atoms with Crippen LogP contribution in [0, 0.1) is 27.7 Å². The second-order valence-electron chi connectivity index (χ2n) is 14.5. The first-order valence-corrected chi connectivity index (χ1v) is 19.3. The topological polar surface area (TPSA) is 6.48 Å². The van der Waals surface area contributed by atoms with E-state index in [1.807, 2.05) is 0 Å². The molecule has 2 heteroatoms. The minimum Gasteiger partial charge on any atom is -0.310 e. The van der Waals surface area contributed by atoms with Crippen LogP contribution in [0.15, 0.2) is 194 Å². The van der Waals surface area contributed by atoms with Crippen LogP contribution < -0.4 is 9.80 Å². The van der Waals surface area contributed by atoms with E-state index in [2.05, 4.69) is 244 Å². The average molecular weight is 723 g/mol. The smallest absolute Gasteiger partial charge is 0.0490 e. The van der Waals surface area contributed by atoms with Crippen molar-refractivity contribution in [3.8, 4) is 22.3 Å². The minimum atomic E-state index is 1.14. The van der Waals surface area contributed by atoms with Gasteiger partial charge in [-0.15, -0.1) is 0 Å². The molecule has 8 aromatic carbocycles. The number of hydrogen-bond acceptors (Lipinski definition) is 2. The number of benzene rings is 8. The standard InChI is InChI=1S/C54H46N2/c1-39-13-5-9-17-51(39)55(52-18-10-6-14-40(52)2)49-35-31-47(32-36-49)45-27-23-43(24-28-45)21-22-44-25-29-46(30-26-44)48-33-37-50(38-34-48)56(53-19-11-7-15-41(53)3)54-20-12-8-16-42(54)4/h5-38H,1-4H3. The first-order chi connectivity index (χ1) is 27.4. The molecule has 0 atom stereocenters. The Balaban J connectivity index is 0.958. The maximum absolute atomic E-state index is 2.36. The third kappa shape index (κ3) is 7.69. The number of para-hydroxylation sites is 4. The van der Waals surface area contributed by atoms with Gasteiger partial charge in [-0.05, 0) is 132 Å². The van der Waals surface area contributed by atoms with Crippen LogP contribution in [0.5, 0.6) is 0 Å². The molecule has 272 valence electrons. The number of nitrogens with zero attached hydrogens (tertiary/aromatic N) is 2. The number of anilines is 6. The molecule has 8 rings (SSSR count). The van der Waals surface area contributed by atoms with Crippen LogP contribution in [0.1, 0.15) is 33.4 Å². The molecular formula is C54H46N2. The van der Waals surface area contributed by atoms with Gasteiger partial charge in [-0.25, -0.2) is 0 Å². The van der Waals surface area contributed by atoms with Crippen LogP contribution in [0.4, 0.5) is 34.1 Å². The van der Waals surface area contributed by atoms with Crippen molar-refractivity contribution in [2.75, 3.05) is 9.80 Å². The molecule has 0 radical (unpaired) electrons. The number of hydrogen-bond donors (Lipinski definition) is 0. The number of aryl methyl sites for hydroxylation is 4.